The Balaban J connectivity index is 2.90. The minimum atomic E-state index is -1.04. The number of carboxylic acids is 1. The van der Waals surface area contributed by atoms with Gasteiger partial charge in [-0.15, -0.1) is 0 Å². The highest BCUT2D eigenvalue weighted by atomic mass is 16.4. The number of aromatic amines is 1. The van der Waals surface area contributed by atoms with Crippen molar-refractivity contribution in [3.63, 3.8) is 0 Å². The molecule has 0 saturated heterocycles. The lowest BCUT2D eigenvalue weighted by atomic mass is 10.3. The lowest BCUT2D eigenvalue weighted by Crippen LogP contribution is -2.03. The molecule has 1 aromatic rings. The third-order valence-electron chi connectivity index (χ3n) is 1.20. The van der Waals surface area contributed by atoms with Gasteiger partial charge in [-0.05, 0) is 12.1 Å². The summed E-state index contributed by atoms with van der Waals surface area (Å²) in [7, 11) is 0. The van der Waals surface area contributed by atoms with E-state index in [1.165, 1.54) is 12.1 Å². The van der Waals surface area contributed by atoms with Gasteiger partial charge in [-0.3, -0.25) is 4.79 Å². The van der Waals surface area contributed by atoms with Crippen molar-refractivity contribution >= 4 is 12.0 Å². The molecule has 0 bridgehead atoms. The number of nitrogens with one attached hydrogen (secondary N) is 1. The fourth-order valence-corrected chi connectivity index (χ4v) is 0.723. The number of hydrogen-bond donors (Lipinski definition) is 2. The van der Waals surface area contributed by atoms with E-state index in [1.807, 2.05) is 0 Å². The van der Waals surface area contributed by atoms with Crippen LogP contribution in [0, 0.1) is 0 Å². The van der Waals surface area contributed by atoms with Gasteiger partial charge < -0.3 is 10.1 Å². The zero-order chi connectivity index (χ0) is 8.97. The molecule has 1 heterocycles. The summed E-state index contributed by atoms with van der Waals surface area (Å²) in [5.41, 5.74) is 0.229. The number of carboxylic acid groups (broad SMARTS) is 1. The second-order valence-electron chi connectivity index (χ2n) is 2.14. The number of aromatic nitrogens is 1. The van der Waals surface area contributed by atoms with Crippen molar-refractivity contribution in [3.05, 3.63) is 40.3 Å². The van der Waals surface area contributed by atoms with E-state index in [0.29, 0.717) is 5.69 Å². The molecular formula is C8H7NO3. The van der Waals surface area contributed by atoms with Gasteiger partial charge in [0.15, 0.2) is 0 Å². The molecule has 0 aromatic carbocycles. The Morgan fingerprint density at radius 1 is 1.50 bits per heavy atom. The molecule has 0 aliphatic heterocycles. The lowest BCUT2D eigenvalue weighted by Gasteiger charge is -1.89. The van der Waals surface area contributed by atoms with Crippen molar-refractivity contribution in [2.75, 3.05) is 0 Å². The van der Waals surface area contributed by atoms with E-state index < -0.39 is 5.97 Å². The Labute approximate surface area is 68.2 Å². The molecule has 0 aliphatic rings. The Morgan fingerprint density at radius 2 is 2.25 bits per heavy atom. The molecule has 4 nitrogen and oxygen atoms in total. The van der Waals surface area contributed by atoms with Crippen LogP contribution in [0.4, 0.5) is 0 Å². The third-order valence-corrected chi connectivity index (χ3v) is 1.20. The van der Waals surface area contributed by atoms with E-state index in [9.17, 15) is 9.59 Å². The van der Waals surface area contributed by atoms with Gasteiger partial charge in [-0.25, -0.2) is 4.79 Å². The molecule has 1 rings (SSSR count). The first-order valence-electron chi connectivity index (χ1n) is 3.29. The fourth-order valence-electron chi connectivity index (χ4n) is 0.723. The van der Waals surface area contributed by atoms with Crippen molar-refractivity contribution in [3.8, 4) is 0 Å². The number of carbonyl (C=O) groups is 1. The smallest absolute Gasteiger partial charge is 0.328 e. The first-order valence-corrected chi connectivity index (χ1v) is 3.29. The maximum Gasteiger partial charge on any atom is 0.328 e. The molecule has 0 spiro atoms. The van der Waals surface area contributed by atoms with Gasteiger partial charge in [0.2, 0.25) is 5.56 Å². The summed E-state index contributed by atoms with van der Waals surface area (Å²) in [6.07, 6.45) is 2.29. The second-order valence-corrected chi connectivity index (χ2v) is 2.14. The van der Waals surface area contributed by atoms with Crippen LogP contribution in [0.15, 0.2) is 29.1 Å². The van der Waals surface area contributed by atoms with Gasteiger partial charge in [0.25, 0.3) is 0 Å². The summed E-state index contributed by atoms with van der Waals surface area (Å²) in [4.78, 5) is 23.2. The number of pyridine rings is 1. The van der Waals surface area contributed by atoms with Crippen LogP contribution < -0.4 is 5.56 Å². The lowest BCUT2D eigenvalue weighted by molar-refractivity contribution is -0.131. The van der Waals surface area contributed by atoms with Crippen molar-refractivity contribution in [1.82, 2.24) is 4.98 Å². The number of rotatable bonds is 2. The standard InChI is InChI=1S/C8H7NO3/c10-7-3-1-2-6(9-7)4-5-8(11)12/h1-5H,(H,9,10)(H,11,12)/b5-4+. The fraction of sp³-hybridized carbons (Fsp3) is 0. The molecule has 62 valence electrons. The van der Waals surface area contributed by atoms with Crippen LogP contribution in [0.5, 0.6) is 0 Å². The van der Waals surface area contributed by atoms with Gasteiger partial charge in [0.05, 0.1) is 0 Å². The molecule has 0 saturated carbocycles. The quantitative estimate of drug-likeness (QED) is 0.626. The molecule has 0 radical (unpaired) electrons. The molecule has 12 heavy (non-hydrogen) atoms. The summed E-state index contributed by atoms with van der Waals surface area (Å²) in [6.45, 7) is 0. The van der Waals surface area contributed by atoms with E-state index in [1.54, 1.807) is 12.1 Å². The summed E-state index contributed by atoms with van der Waals surface area (Å²) >= 11 is 0. The van der Waals surface area contributed by atoms with Gasteiger partial charge in [0.1, 0.15) is 0 Å². The molecule has 0 amide bonds. The predicted molar refractivity (Wildman–Crippen MR) is 43.7 cm³/mol. The highest BCUT2D eigenvalue weighted by Crippen LogP contribution is 1.92. The Hall–Kier alpha value is -1.84. The van der Waals surface area contributed by atoms with Crippen LogP contribution in [0.2, 0.25) is 0 Å². The van der Waals surface area contributed by atoms with Gasteiger partial charge in [-0.2, -0.15) is 0 Å². The largest absolute Gasteiger partial charge is 0.478 e. The van der Waals surface area contributed by atoms with Crippen LogP contribution >= 0.6 is 0 Å². The average molecular weight is 165 g/mol. The van der Waals surface area contributed by atoms with Crippen LogP contribution in [-0.2, 0) is 4.79 Å². The Morgan fingerprint density at radius 3 is 2.83 bits per heavy atom. The minimum absolute atomic E-state index is 0.248. The summed E-state index contributed by atoms with van der Waals surface area (Å²) in [5, 5.41) is 8.27. The maximum atomic E-state index is 10.7. The molecule has 0 unspecified atom stereocenters. The molecule has 2 N–H and O–H groups in total. The summed E-state index contributed by atoms with van der Waals surface area (Å²) in [6, 6.07) is 4.53. The molecule has 1 aromatic heterocycles. The van der Waals surface area contributed by atoms with Crippen LogP contribution in [0.3, 0.4) is 0 Å². The monoisotopic (exact) mass is 165 g/mol. The molecular weight excluding hydrogens is 158 g/mol. The number of H-pyrrole nitrogens is 1. The Kier molecular flexibility index (Phi) is 2.42. The molecule has 0 atom stereocenters. The first-order chi connectivity index (χ1) is 5.68. The van der Waals surface area contributed by atoms with E-state index in [2.05, 4.69) is 4.98 Å². The summed E-state index contributed by atoms with van der Waals surface area (Å²) < 4.78 is 0. The Bertz CT molecular complexity index is 365. The molecule has 0 fully saturated rings. The topological polar surface area (TPSA) is 70.2 Å². The zero-order valence-electron chi connectivity index (χ0n) is 6.15. The van der Waals surface area contributed by atoms with Crippen molar-refractivity contribution in [2.24, 2.45) is 0 Å². The predicted octanol–water partition coefficient (Wildman–Crippen LogP) is 0.473. The summed E-state index contributed by atoms with van der Waals surface area (Å²) in [5.74, 6) is -1.04. The van der Waals surface area contributed by atoms with Crippen LogP contribution in [-0.4, -0.2) is 16.1 Å². The van der Waals surface area contributed by atoms with E-state index >= 15 is 0 Å². The van der Waals surface area contributed by atoms with E-state index in [-0.39, 0.29) is 5.56 Å². The number of aliphatic carboxylic acids is 1. The average Bonchev–Trinajstić information content (AvgIpc) is 2.01. The van der Waals surface area contributed by atoms with Crippen molar-refractivity contribution < 1.29 is 9.90 Å². The first kappa shape index (κ1) is 8.26. The van der Waals surface area contributed by atoms with Crippen LogP contribution in [0.25, 0.3) is 6.08 Å². The highest BCUT2D eigenvalue weighted by molar-refractivity contribution is 5.84. The maximum absolute atomic E-state index is 10.7. The van der Waals surface area contributed by atoms with E-state index in [0.717, 1.165) is 6.08 Å². The highest BCUT2D eigenvalue weighted by Gasteiger charge is 1.88. The van der Waals surface area contributed by atoms with Crippen LogP contribution in [0.1, 0.15) is 5.69 Å². The molecule has 4 heteroatoms. The van der Waals surface area contributed by atoms with Crippen molar-refractivity contribution in [2.45, 2.75) is 0 Å². The van der Waals surface area contributed by atoms with E-state index in [4.69, 9.17) is 5.11 Å². The normalized spacial score (nSPS) is 10.3. The SMILES string of the molecule is O=C(O)/C=C/c1cccc(=O)[nH]1. The van der Waals surface area contributed by atoms with Gasteiger partial charge in [-0.1, -0.05) is 6.07 Å². The number of hydrogen-bond acceptors (Lipinski definition) is 2. The second kappa shape index (κ2) is 3.52. The molecule has 0 aliphatic carbocycles. The minimum Gasteiger partial charge on any atom is -0.478 e. The van der Waals surface area contributed by atoms with Gasteiger partial charge in [0, 0.05) is 17.8 Å². The van der Waals surface area contributed by atoms with Gasteiger partial charge >= 0.3 is 5.97 Å². The van der Waals surface area contributed by atoms with Crippen molar-refractivity contribution in [1.29, 1.82) is 0 Å². The third kappa shape index (κ3) is 2.42. The zero-order valence-corrected chi connectivity index (χ0v) is 6.15.